The van der Waals surface area contributed by atoms with Crippen molar-refractivity contribution in [2.45, 2.75) is 43.6 Å². The molecule has 1 fully saturated rings. The summed E-state index contributed by atoms with van der Waals surface area (Å²) in [5.74, 6) is 0.0552. The minimum atomic E-state index is 0.0552. The first-order valence-corrected chi connectivity index (χ1v) is 6.85. The largest absolute Gasteiger partial charge is 0.384 e. The van der Waals surface area contributed by atoms with Gasteiger partial charge in [-0.3, -0.25) is 5.41 Å². The van der Waals surface area contributed by atoms with Gasteiger partial charge in [-0.1, -0.05) is 11.8 Å². The van der Waals surface area contributed by atoms with Crippen LogP contribution in [0.4, 0.5) is 0 Å². The van der Waals surface area contributed by atoms with Crippen molar-refractivity contribution in [2.75, 3.05) is 6.61 Å². The summed E-state index contributed by atoms with van der Waals surface area (Å²) in [5, 5.41) is 17.1. The Labute approximate surface area is 111 Å². The van der Waals surface area contributed by atoms with E-state index in [1.807, 2.05) is 13.8 Å². The smallest absolute Gasteiger partial charge is 0.130 e. The highest BCUT2D eigenvalue weighted by atomic mass is 32.2. The van der Waals surface area contributed by atoms with E-state index >= 15 is 0 Å². The average molecular weight is 266 g/mol. The van der Waals surface area contributed by atoms with Gasteiger partial charge in [-0.25, -0.2) is 0 Å². The zero-order chi connectivity index (χ0) is 13.3. The van der Waals surface area contributed by atoms with Crippen molar-refractivity contribution in [1.29, 1.82) is 5.41 Å². The zero-order valence-electron chi connectivity index (χ0n) is 10.9. The topological polar surface area (TPSA) is 84.9 Å². The Kier molecular flexibility index (Phi) is 3.87. The Bertz CT molecular complexity index is 477. The molecule has 0 amide bonds. The molecule has 98 valence electrons. The maximum Gasteiger partial charge on any atom is 0.130 e. The third kappa shape index (κ3) is 2.49. The standard InChI is InChI=1S/C12H18N4OS/c1-6-7(2)15-16-12(10(6)11(13)14)18-9-4-5-17-8(9)3/h8-9H,4-5H2,1-3H3,(H3,13,14). The Balaban J connectivity index is 2.32. The summed E-state index contributed by atoms with van der Waals surface area (Å²) in [6.45, 7) is 6.66. The van der Waals surface area contributed by atoms with Crippen LogP contribution in [0.1, 0.15) is 30.2 Å². The fourth-order valence-electron chi connectivity index (χ4n) is 2.00. The lowest BCUT2D eigenvalue weighted by atomic mass is 10.1. The van der Waals surface area contributed by atoms with Gasteiger partial charge in [-0.2, -0.15) is 5.10 Å². The van der Waals surface area contributed by atoms with E-state index in [1.165, 1.54) is 0 Å². The molecule has 18 heavy (non-hydrogen) atoms. The summed E-state index contributed by atoms with van der Waals surface area (Å²) in [6, 6.07) is 0. The third-order valence-corrected chi connectivity index (χ3v) is 4.69. The molecule has 2 rings (SSSR count). The van der Waals surface area contributed by atoms with Gasteiger partial charge in [0.1, 0.15) is 10.9 Å². The van der Waals surface area contributed by atoms with E-state index in [-0.39, 0.29) is 11.9 Å². The molecule has 0 saturated carbocycles. The number of aryl methyl sites for hydroxylation is 1. The molecule has 5 nitrogen and oxygen atoms in total. The summed E-state index contributed by atoms with van der Waals surface area (Å²) in [6.07, 6.45) is 1.20. The number of ether oxygens (including phenoxy) is 1. The third-order valence-electron chi connectivity index (χ3n) is 3.26. The number of nitrogen functional groups attached to an aromatic ring is 1. The van der Waals surface area contributed by atoms with Gasteiger partial charge in [-0.05, 0) is 32.8 Å². The van der Waals surface area contributed by atoms with Gasteiger partial charge in [0.05, 0.1) is 17.4 Å². The predicted octanol–water partition coefficient (Wildman–Crippen LogP) is 1.65. The molecule has 3 N–H and O–H groups in total. The highest BCUT2D eigenvalue weighted by Crippen LogP contribution is 2.33. The van der Waals surface area contributed by atoms with Crippen LogP contribution in [0.2, 0.25) is 0 Å². The molecule has 0 aromatic carbocycles. The number of rotatable bonds is 3. The molecule has 6 heteroatoms. The zero-order valence-corrected chi connectivity index (χ0v) is 11.7. The first kappa shape index (κ1) is 13.3. The predicted molar refractivity (Wildman–Crippen MR) is 72.2 cm³/mol. The van der Waals surface area contributed by atoms with Crippen LogP contribution in [0, 0.1) is 19.3 Å². The summed E-state index contributed by atoms with van der Waals surface area (Å²) < 4.78 is 5.54. The van der Waals surface area contributed by atoms with Crippen molar-refractivity contribution >= 4 is 17.6 Å². The molecule has 2 heterocycles. The number of nitrogens with two attached hydrogens (primary N) is 1. The quantitative estimate of drug-likeness (QED) is 0.642. The van der Waals surface area contributed by atoms with Crippen molar-refractivity contribution in [2.24, 2.45) is 5.73 Å². The van der Waals surface area contributed by atoms with Crippen molar-refractivity contribution in [3.63, 3.8) is 0 Å². The lowest BCUT2D eigenvalue weighted by molar-refractivity contribution is 0.127. The van der Waals surface area contributed by atoms with Gasteiger partial charge in [0.25, 0.3) is 0 Å². The Morgan fingerprint density at radius 3 is 2.72 bits per heavy atom. The molecule has 1 aromatic heterocycles. The minimum Gasteiger partial charge on any atom is -0.384 e. The van der Waals surface area contributed by atoms with Crippen LogP contribution in [0.15, 0.2) is 5.03 Å². The molecule has 0 spiro atoms. The molecule has 0 aliphatic carbocycles. The van der Waals surface area contributed by atoms with Crippen molar-refractivity contribution in [3.8, 4) is 0 Å². The number of hydrogen-bond acceptors (Lipinski definition) is 5. The van der Waals surface area contributed by atoms with E-state index in [4.69, 9.17) is 15.9 Å². The van der Waals surface area contributed by atoms with Gasteiger partial charge >= 0.3 is 0 Å². The van der Waals surface area contributed by atoms with Crippen molar-refractivity contribution in [3.05, 3.63) is 16.8 Å². The highest BCUT2D eigenvalue weighted by molar-refractivity contribution is 8.00. The van der Waals surface area contributed by atoms with E-state index in [1.54, 1.807) is 11.8 Å². The second-order valence-corrected chi connectivity index (χ2v) is 5.75. The number of nitrogens with one attached hydrogen (secondary N) is 1. The average Bonchev–Trinajstić information content (AvgIpc) is 2.69. The first-order chi connectivity index (χ1) is 8.50. The molecule has 1 aromatic rings. The Morgan fingerprint density at radius 2 is 2.17 bits per heavy atom. The monoisotopic (exact) mass is 266 g/mol. The Morgan fingerprint density at radius 1 is 1.44 bits per heavy atom. The van der Waals surface area contributed by atoms with Gasteiger partial charge < -0.3 is 10.5 Å². The molecule has 0 bridgehead atoms. The highest BCUT2D eigenvalue weighted by Gasteiger charge is 2.27. The number of thioether (sulfide) groups is 1. The van der Waals surface area contributed by atoms with Crippen LogP contribution in [-0.4, -0.2) is 34.0 Å². The SMILES string of the molecule is Cc1nnc(SC2CCOC2C)c(C(=N)N)c1C. The van der Waals surface area contributed by atoms with Crippen LogP contribution >= 0.6 is 11.8 Å². The van der Waals surface area contributed by atoms with Crippen LogP contribution < -0.4 is 5.73 Å². The Hall–Kier alpha value is -1.14. The van der Waals surface area contributed by atoms with E-state index in [9.17, 15) is 0 Å². The molecular formula is C12H18N4OS. The molecule has 1 aliphatic heterocycles. The fraction of sp³-hybridized carbons (Fsp3) is 0.583. The van der Waals surface area contributed by atoms with Crippen molar-refractivity contribution < 1.29 is 4.74 Å². The van der Waals surface area contributed by atoms with E-state index in [2.05, 4.69) is 17.1 Å². The fourth-order valence-corrected chi connectivity index (χ4v) is 3.24. The normalized spacial score (nSPS) is 23.3. The van der Waals surface area contributed by atoms with Gasteiger partial charge in [-0.15, -0.1) is 5.10 Å². The molecular weight excluding hydrogens is 248 g/mol. The van der Waals surface area contributed by atoms with Gasteiger partial charge in [0, 0.05) is 11.9 Å². The summed E-state index contributed by atoms with van der Waals surface area (Å²) in [5.41, 5.74) is 8.13. The first-order valence-electron chi connectivity index (χ1n) is 5.97. The lowest BCUT2D eigenvalue weighted by Gasteiger charge is -2.16. The maximum atomic E-state index is 7.70. The van der Waals surface area contributed by atoms with Crippen LogP contribution in [-0.2, 0) is 4.74 Å². The number of aromatic nitrogens is 2. The molecule has 2 unspecified atom stereocenters. The van der Waals surface area contributed by atoms with Gasteiger partial charge in [0.15, 0.2) is 0 Å². The van der Waals surface area contributed by atoms with E-state index < -0.39 is 0 Å². The number of amidine groups is 1. The van der Waals surface area contributed by atoms with E-state index in [0.29, 0.717) is 10.8 Å². The molecule has 0 radical (unpaired) electrons. The summed E-state index contributed by atoms with van der Waals surface area (Å²) >= 11 is 1.62. The second kappa shape index (κ2) is 5.24. The van der Waals surface area contributed by atoms with Crippen LogP contribution in [0.25, 0.3) is 0 Å². The van der Waals surface area contributed by atoms with Crippen LogP contribution in [0.5, 0.6) is 0 Å². The van der Waals surface area contributed by atoms with Gasteiger partial charge in [0.2, 0.25) is 0 Å². The maximum absolute atomic E-state index is 7.70. The minimum absolute atomic E-state index is 0.0552. The second-order valence-electron chi connectivity index (χ2n) is 4.53. The van der Waals surface area contributed by atoms with Crippen LogP contribution in [0.3, 0.4) is 0 Å². The molecule has 1 aliphatic rings. The molecule has 2 atom stereocenters. The van der Waals surface area contributed by atoms with E-state index in [0.717, 1.165) is 29.3 Å². The summed E-state index contributed by atoms with van der Waals surface area (Å²) in [4.78, 5) is 0. The molecule has 1 saturated heterocycles. The summed E-state index contributed by atoms with van der Waals surface area (Å²) in [7, 11) is 0. The number of hydrogen-bond donors (Lipinski definition) is 2. The number of nitrogens with zero attached hydrogens (tertiary/aromatic N) is 2. The van der Waals surface area contributed by atoms with Crippen molar-refractivity contribution in [1.82, 2.24) is 10.2 Å². The lowest BCUT2D eigenvalue weighted by Crippen LogP contribution is -2.19.